The fourth-order valence-electron chi connectivity index (χ4n) is 2.22. The van der Waals surface area contributed by atoms with Crippen molar-refractivity contribution in [2.45, 2.75) is 4.90 Å². The van der Waals surface area contributed by atoms with E-state index in [-0.39, 0.29) is 15.5 Å². The van der Waals surface area contributed by atoms with Gasteiger partial charge in [-0.05, 0) is 52.9 Å². The number of amides is 1. The first-order valence-corrected chi connectivity index (χ1v) is 9.47. The molecule has 140 valence electrons. The van der Waals surface area contributed by atoms with Crippen LogP contribution in [0.4, 0.5) is 5.69 Å². The van der Waals surface area contributed by atoms with Crippen LogP contribution in [0.1, 0.15) is 10.4 Å². The van der Waals surface area contributed by atoms with Gasteiger partial charge < -0.3 is 5.32 Å². The second-order valence-corrected chi connectivity index (χ2v) is 8.22. The molecule has 1 aromatic heterocycles. The summed E-state index contributed by atoms with van der Waals surface area (Å²) < 4.78 is 27.2. The van der Waals surface area contributed by atoms with Crippen LogP contribution in [0.15, 0.2) is 53.7 Å². The monoisotopic (exact) mass is 406 g/mol. The Morgan fingerprint density at radius 3 is 2.44 bits per heavy atom. The molecule has 0 saturated carbocycles. The first-order valence-electron chi connectivity index (χ1n) is 7.66. The Balaban J connectivity index is 1.82. The Morgan fingerprint density at radius 1 is 1.15 bits per heavy atom. The van der Waals surface area contributed by atoms with Crippen molar-refractivity contribution in [1.29, 1.82) is 0 Å². The third-order valence-corrected chi connectivity index (χ3v) is 5.99. The molecule has 11 heteroatoms. The number of hydrogen-bond acceptors (Lipinski definition) is 6. The lowest BCUT2D eigenvalue weighted by molar-refractivity contribution is 0.102. The van der Waals surface area contributed by atoms with Crippen molar-refractivity contribution in [3.63, 3.8) is 0 Å². The summed E-state index contributed by atoms with van der Waals surface area (Å²) in [7, 11) is -0.980. The van der Waals surface area contributed by atoms with Crippen molar-refractivity contribution in [1.82, 2.24) is 24.5 Å². The summed E-state index contributed by atoms with van der Waals surface area (Å²) in [6, 6.07) is 10.9. The minimum absolute atomic E-state index is 0.0473. The minimum Gasteiger partial charge on any atom is -0.322 e. The van der Waals surface area contributed by atoms with Crippen LogP contribution in [0, 0.1) is 0 Å². The summed E-state index contributed by atoms with van der Waals surface area (Å²) in [6.45, 7) is 0. The minimum atomic E-state index is -3.77. The van der Waals surface area contributed by atoms with Crippen LogP contribution in [0.2, 0.25) is 5.02 Å². The molecule has 0 atom stereocenters. The molecule has 9 nitrogen and oxygen atoms in total. The smallest absolute Gasteiger partial charge is 0.255 e. The van der Waals surface area contributed by atoms with E-state index in [2.05, 4.69) is 20.8 Å². The van der Waals surface area contributed by atoms with Crippen molar-refractivity contribution in [3.8, 4) is 5.69 Å². The summed E-state index contributed by atoms with van der Waals surface area (Å²) in [6.07, 6.45) is 1.45. The maximum Gasteiger partial charge on any atom is 0.255 e. The van der Waals surface area contributed by atoms with E-state index in [9.17, 15) is 13.2 Å². The van der Waals surface area contributed by atoms with E-state index in [1.54, 1.807) is 24.3 Å². The SMILES string of the molecule is CN(C)S(=O)(=O)c1cc(C(=O)Nc2ccc(-n3cnnn3)cc2)ccc1Cl. The summed E-state index contributed by atoms with van der Waals surface area (Å²) >= 11 is 6.00. The van der Waals surface area contributed by atoms with Gasteiger partial charge in [-0.1, -0.05) is 11.6 Å². The van der Waals surface area contributed by atoms with Gasteiger partial charge in [0.05, 0.1) is 10.7 Å². The van der Waals surface area contributed by atoms with Gasteiger partial charge in [0, 0.05) is 25.3 Å². The highest BCUT2D eigenvalue weighted by molar-refractivity contribution is 7.89. The molecule has 3 rings (SSSR count). The van der Waals surface area contributed by atoms with Crippen molar-refractivity contribution >= 4 is 33.2 Å². The molecule has 0 unspecified atom stereocenters. The molecule has 1 amide bonds. The lowest BCUT2D eigenvalue weighted by Crippen LogP contribution is -2.23. The van der Waals surface area contributed by atoms with Crippen LogP contribution in [0.3, 0.4) is 0 Å². The number of nitrogens with one attached hydrogen (secondary N) is 1. The number of carbonyl (C=O) groups is 1. The summed E-state index contributed by atoms with van der Waals surface area (Å²) in [5.41, 5.74) is 1.43. The Kier molecular flexibility index (Phi) is 5.22. The first kappa shape index (κ1) is 19.0. The van der Waals surface area contributed by atoms with E-state index in [1.165, 1.54) is 43.3 Å². The molecule has 27 heavy (non-hydrogen) atoms. The molecule has 0 radical (unpaired) electrons. The van der Waals surface area contributed by atoms with E-state index in [1.807, 2.05) is 0 Å². The summed E-state index contributed by atoms with van der Waals surface area (Å²) in [5.74, 6) is -0.461. The van der Waals surface area contributed by atoms with Crippen molar-refractivity contribution in [3.05, 3.63) is 59.4 Å². The third kappa shape index (κ3) is 3.97. The van der Waals surface area contributed by atoms with Gasteiger partial charge in [0.1, 0.15) is 11.2 Å². The molecule has 3 aromatic rings. The lowest BCUT2D eigenvalue weighted by atomic mass is 10.2. The van der Waals surface area contributed by atoms with Crippen molar-refractivity contribution < 1.29 is 13.2 Å². The standard InChI is InChI=1S/C16H15ClN6O3S/c1-22(2)27(25,26)15-9-11(3-8-14(15)17)16(24)19-12-4-6-13(7-5-12)23-10-18-20-21-23/h3-10H,1-2H3,(H,19,24). The molecule has 0 saturated heterocycles. The number of sulfonamides is 1. The number of hydrogen-bond donors (Lipinski definition) is 1. The van der Waals surface area contributed by atoms with E-state index < -0.39 is 15.9 Å². The van der Waals surface area contributed by atoms with Crippen LogP contribution < -0.4 is 5.32 Å². The van der Waals surface area contributed by atoms with Gasteiger partial charge >= 0.3 is 0 Å². The topological polar surface area (TPSA) is 110 Å². The Bertz CT molecular complexity index is 1070. The highest BCUT2D eigenvalue weighted by Crippen LogP contribution is 2.25. The maximum absolute atomic E-state index is 12.5. The number of carbonyl (C=O) groups excluding carboxylic acids is 1. The molecule has 1 N–H and O–H groups in total. The van der Waals surface area contributed by atoms with E-state index in [0.29, 0.717) is 5.69 Å². The van der Waals surface area contributed by atoms with Gasteiger partial charge in [0.2, 0.25) is 10.0 Å². The summed E-state index contributed by atoms with van der Waals surface area (Å²) in [5, 5.41) is 13.6. The van der Waals surface area contributed by atoms with E-state index in [0.717, 1.165) is 9.99 Å². The third-order valence-electron chi connectivity index (χ3n) is 3.69. The molecule has 1 heterocycles. The Morgan fingerprint density at radius 2 is 1.85 bits per heavy atom. The normalized spacial score (nSPS) is 11.6. The van der Waals surface area contributed by atoms with Crippen LogP contribution in [-0.2, 0) is 10.0 Å². The van der Waals surface area contributed by atoms with Crippen molar-refractivity contribution in [2.24, 2.45) is 0 Å². The number of benzene rings is 2. The molecular weight excluding hydrogens is 392 g/mol. The molecule has 0 aliphatic carbocycles. The van der Waals surface area contributed by atoms with Crippen LogP contribution >= 0.6 is 11.6 Å². The fraction of sp³-hybridized carbons (Fsp3) is 0.125. The van der Waals surface area contributed by atoms with E-state index >= 15 is 0 Å². The lowest BCUT2D eigenvalue weighted by Gasteiger charge is -2.14. The first-order chi connectivity index (χ1) is 12.8. The van der Waals surface area contributed by atoms with Gasteiger partial charge in [0.25, 0.3) is 5.91 Å². The van der Waals surface area contributed by atoms with Gasteiger partial charge in [-0.2, -0.15) is 0 Å². The second kappa shape index (κ2) is 7.43. The largest absolute Gasteiger partial charge is 0.322 e. The second-order valence-electron chi connectivity index (χ2n) is 5.69. The van der Waals surface area contributed by atoms with Crippen LogP contribution in [0.5, 0.6) is 0 Å². The quantitative estimate of drug-likeness (QED) is 0.692. The molecule has 0 aliphatic heterocycles. The highest BCUT2D eigenvalue weighted by Gasteiger charge is 2.22. The molecule has 2 aromatic carbocycles. The number of nitrogens with zero attached hydrogens (tertiary/aromatic N) is 5. The average molecular weight is 407 g/mol. The number of tetrazole rings is 1. The molecule has 0 fully saturated rings. The molecule has 0 bridgehead atoms. The zero-order valence-corrected chi connectivity index (χ0v) is 15.9. The van der Waals surface area contributed by atoms with Gasteiger partial charge in [-0.15, -0.1) is 5.10 Å². The molecule has 0 spiro atoms. The number of anilines is 1. The zero-order chi connectivity index (χ0) is 19.6. The highest BCUT2D eigenvalue weighted by atomic mass is 35.5. The van der Waals surface area contributed by atoms with Gasteiger partial charge in [-0.25, -0.2) is 17.4 Å². The van der Waals surface area contributed by atoms with Gasteiger partial charge in [0.15, 0.2) is 0 Å². The number of aromatic nitrogens is 4. The predicted octanol–water partition coefficient (Wildman–Crippen LogP) is 1.82. The maximum atomic E-state index is 12.5. The van der Waals surface area contributed by atoms with Crippen LogP contribution in [-0.4, -0.2) is 52.9 Å². The predicted molar refractivity (Wildman–Crippen MR) is 99.4 cm³/mol. The summed E-state index contributed by atoms with van der Waals surface area (Å²) in [4.78, 5) is 12.4. The van der Waals surface area contributed by atoms with Gasteiger partial charge in [-0.3, -0.25) is 4.79 Å². The fourth-order valence-corrected chi connectivity index (χ4v) is 3.61. The molecular formula is C16H15ClN6O3S. The van der Waals surface area contributed by atoms with Crippen molar-refractivity contribution in [2.75, 3.05) is 19.4 Å². The Hall–Kier alpha value is -2.82. The number of halogens is 1. The Labute approximate surface area is 160 Å². The van der Waals surface area contributed by atoms with E-state index in [4.69, 9.17) is 11.6 Å². The molecule has 0 aliphatic rings. The average Bonchev–Trinajstić information content (AvgIpc) is 3.17. The zero-order valence-electron chi connectivity index (χ0n) is 14.4. The number of rotatable bonds is 5. The van der Waals surface area contributed by atoms with Crippen LogP contribution in [0.25, 0.3) is 5.69 Å².